The molecule has 0 unspecified atom stereocenters. The fourth-order valence-corrected chi connectivity index (χ4v) is 4.13. The maximum absolute atomic E-state index is 12.9. The summed E-state index contributed by atoms with van der Waals surface area (Å²) >= 11 is 1.32. The Hall–Kier alpha value is -2.69. The van der Waals surface area contributed by atoms with Gasteiger partial charge in [-0.05, 0) is 24.6 Å². The average Bonchev–Trinajstić information content (AvgIpc) is 3.18. The highest BCUT2D eigenvalue weighted by molar-refractivity contribution is 7.15. The first kappa shape index (κ1) is 23.0. The first-order valence-corrected chi connectivity index (χ1v) is 10.9. The van der Waals surface area contributed by atoms with Gasteiger partial charge in [-0.3, -0.25) is 9.59 Å². The van der Waals surface area contributed by atoms with Crippen molar-refractivity contribution in [1.29, 1.82) is 0 Å². The number of hydrogen-bond acceptors (Lipinski definition) is 6. The maximum Gasteiger partial charge on any atom is 0.416 e. The van der Waals surface area contributed by atoms with Gasteiger partial charge in [0, 0.05) is 51.1 Å². The maximum atomic E-state index is 12.9. The molecular formula is C20H24F3N5O2S. The van der Waals surface area contributed by atoms with Gasteiger partial charge in [0.25, 0.3) is 0 Å². The van der Waals surface area contributed by atoms with E-state index in [4.69, 9.17) is 0 Å². The summed E-state index contributed by atoms with van der Waals surface area (Å²) in [5.74, 6) is -0.446. The predicted molar refractivity (Wildman–Crippen MR) is 112 cm³/mol. The van der Waals surface area contributed by atoms with Gasteiger partial charge in [0.2, 0.25) is 16.9 Å². The standard InChI is InChI=1S/C20H24F3N5O2S/c1-2-4-17-25-26-19(31-17)24-16(29)7-8-18(30)28-11-9-27(10-12-28)15-6-3-5-14(13-15)20(21,22)23/h3,5-6,13H,2,4,7-12H2,1H3,(H,24,26,29). The number of nitrogens with one attached hydrogen (secondary N) is 1. The summed E-state index contributed by atoms with van der Waals surface area (Å²) in [6.45, 7) is 3.69. The van der Waals surface area contributed by atoms with E-state index in [9.17, 15) is 22.8 Å². The van der Waals surface area contributed by atoms with Crippen LogP contribution in [0.1, 0.15) is 36.8 Å². The number of aryl methyl sites for hydroxylation is 1. The molecule has 1 saturated heterocycles. The number of aromatic nitrogens is 2. The van der Waals surface area contributed by atoms with E-state index in [0.717, 1.165) is 30.0 Å². The molecule has 3 rings (SSSR count). The number of hydrogen-bond donors (Lipinski definition) is 1. The number of amides is 2. The minimum absolute atomic E-state index is 0.0371. The Kier molecular flexibility index (Phi) is 7.47. The number of rotatable bonds is 7. The number of carbonyl (C=O) groups excluding carboxylic acids is 2. The SMILES string of the molecule is CCCc1nnc(NC(=O)CCC(=O)N2CCN(c3cccc(C(F)(F)F)c3)CC2)s1. The minimum atomic E-state index is -4.39. The third-order valence-electron chi connectivity index (χ3n) is 4.91. The highest BCUT2D eigenvalue weighted by Gasteiger charge is 2.31. The fourth-order valence-electron chi connectivity index (χ4n) is 3.27. The van der Waals surface area contributed by atoms with Gasteiger partial charge in [0.15, 0.2) is 0 Å². The van der Waals surface area contributed by atoms with E-state index in [-0.39, 0.29) is 24.7 Å². The molecule has 168 valence electrons. The second-order valence-corrected chi connectivity index (χ2v) is 8.28. The molecule has 2 amide bonds. The van der Waals surface area contributed by atoms with Gasteiger partial charge in [-0.25, -0.2) is 0 Å². The molecule has 0 spiro atoms. The lowest BCUT2D eigenvalue weighted by molar-refractivity contribution is -0.137. The zero-order chi connectivity index (χ0) is 22.4. The molecule has 1 aliphatic heterocycles. The molecule has 0 bridgehead atoms. The van der Waals surface area contributed by atoms with Crippen molar-refractivity contribution < 1.29 is 22.8 Å². The van der Waals surface area contributed by atoms with Gasteiger partial charge in [0.05, 0.1) is 5.56 Å². The van der Waals surface area contributed by atoms with Crippen LogP contribution < -0.4 is 10.2 Å². The van der Waals surface area contributed by atoms with Crippen molar-refractivity contribution >= 4 is 34.0 Å². The quantitative estimate of drug-likeness (QED) is 0.691. The molecule has 0 saturated carbocycles. The number of anilines is 2. The lowest BCUT2D eigenvalue weighted by Crippen LogP contribution is -2.48. The van der Waals surface area contributed by atoms with Crippen molar-refractivity contribution in [3.05, 3.63) is 34.8 Å². The number of carbonyl (C=O) groups is 2. The first-order valence-electron chi connectivity index (χ1n) is 10.1. The molecule has 31 heavy (non-hydrogen) atoms. The Morgan fingerprint density at radius 2 is 1.87 bits per heavy atom. The summed E-state index contributed by atoms with van der Waals surface area (Å²) in [5.41, 5.74) is -0.201. The Morgan fingerprint density at radius 3 is 2.55 bits per heavy atom. The van der Waals surface area contributed by atoms with Crippen LogP contribution in [-0.4, -0.2) is 53.1 Å². The van der Waals surface area contributed by atoms with E-state index >= 15 is 0 Å². The van der Waals surface area contributed by atoms with Crippen LogP contribution in [0.4, 0.5) is 24.0 Å². The van der Waals surface area contributed by atoms with Gasteiger partial charge in [-0.15, -0.1) is 10.2 Å². The number of piperazine rings is 1. The minimum Gasteiger partial charge on any atom is -0.368 e. The summed E-state index contributed by atoms with van der Waals surface area (Å²) in [6.07, 6.45) is -2.54. The molecule has 0 radical (unpaired) electrons. The Bertz CT molecular complexity index is 910. The fraction of sp³-hybridized carbons (Fsp3) is 0.500. The lowest BCUT2D eigenvalue weighted by atomic mass is 10.1. The number of alkyl halides is 3. The normalized spacial score (nSPS) is 14.6. The van der Waals surface area contributed by atoms with Crippen molar-refractivity contribution in [2.45, 2.75) is 38.8 Å². The molecule has 1 N–H and O–H groups in total. The van der Waals surface area contributed by atoms with Crippen LogP contribution >= 0.6 is 11.3 Å². The lowest BCUT2D eigenvalue weighted by Gasteiger charge is -2.36. The van der Waals surface area contributed by atoms with E-state index in [2.05, 4.69) is 15.5 Å². The van der Waals surface area contributed by atoms with Crippen LogP contribution in [0, 0.1) is 0 Å². The zero-order valence-corrected chi connectivity index (χ0v) is 17.9. The number of benzene rings is 1. The third-order valence-corrected chi connectivity index (χ3v) is 5.81. The van der Waals surface area contributed by atoms with Crippen molar-refractivity contribution in [3.63, 3.8) is 0 Å². The Balaban J connectivity index is 1.44. The predicted octanol–water partition coefficient (Wildman–Crippen LogP) is 3.58. The van der Waals surface area contributed by atoms with Gasteiger partial charge in [-0.2, -0.15) is 13.2 Å². The van der Waals surface area contributed by atoms with E-state index < -0.39 is 11.7 Å². The van der Waals surface area contributed by atoms with Crippen LogP contribution in [-0.2, 0) is 22.2 Å². The summed E-state index contributed by atoms with van der Waals surface area (Å²) in [4.78, 5) is 28.0. The Labute approximate surface area is 182 Å². The van der Waals surface area contributed by atoms with Crippen molar-refractivity contribution in [2.24, 2.45) is 0 Å². The Morgan fingerprint density at radius 1 is 1.13 bits per heavy atom. The molecule has 1 aliphatic rings. The molecular weight excluding hydrogens is 431 g/mol. The van der Waals surface area contributed by atoms with Gasteiger partial charge >= 0.3 is 6.18 Å². The molecule has 1 aromatic carbocycles. The zero-order valence-electron chi connectivity index (χ0n) is 17.1. The van der Waals surface area contributed by atoms with E-state index in [0.29, 0.717) is 37.0 Å². The summed E-state index contributed by atoms with van der Waals surface area (Å²) in [5, 5.41) is 11.8. The molecule has 2 heterocycles. The van der Waals surface area contributed by atoms with Crippen molar-refractivity contribution in [3.8, 4) is 0 Å². The second-order valence-electron chi connectivity index (χ2n) is 7.22. The molecule has 0 aliphatic carbocycles. The molecule has 7 nitrogen and oxygen atoms in total. The molecule has 2 aromatic rings. The topological polar surface area (TPSA) is 78.4 Å². The van der Waals surface area contributed by atoms with Crippen LogP contribution in [0.15, 0.2) is 24.3 Å². The van der Waals surface area contributed by atoms with Crippen LogP contribution in [0.5, 0.6) is 0 Å². The van der Waals surface area contributed by atoms with E-state index in [1.165, 1.54) is 17.4 Å². The van der Waals surface area contributed by atoms with E-state index in [1.54, 1.807) is 11.0 Å². The van der Waals surface area contributed by atoms with Crippen LogP contribution in [0.3, 0.4) is 0 Å². The third kappa shape index (κ3) is 6.39. The molecule has 1 fully saturated rings. The average molecular weight is 456 g/mol. The number of halogens is 3. The van der Waals surface area contributed by atoms with Crippen LogP contribution in [0.25, 0.3) is 0 Å². The van der Waals surface area contributed by atoms with Crippen LogP contribution in [0.2, 0.25) is 0 Å². The van der Waals surface area contributed by atoms with Gasteiger partial charge < -0.3 is 15.1 Å². The number of nitrogens with zero attached hydrogens (tertiary/aromatic N) is 4. The van der Waals surface area contributed by atoms with Crippen molar-refractivity contribution in [2.75, 3.05) is 36.4 Å². The molecule has 1 aromatic heterocycles. The monoisotopic (exact) mass is 455 g/mol. The second kappa shape index (κ2) is 10.1. The summed E-state index contributed by atoms with van der Waals surface area (Å²) < 4.78 is 38.7. The highest BCUT2D eigenvalue weighted by Crippen LogP contribution is 2.31. The molecule has 0 atom stereocenters. The molecule has 11 heteroatoms. The van der Waals surface area contributed by atoms with E-state index in [1.807, 2.05) is 11.8 Å². The summed E-state index contributed by atoms with van der Waals surface area (Å²) in [6, 6.07) is 5.19. The highest BCUT2D eigenvalue weighted by atomic mass is 32.1. The summed E-state index contributed by atoms with van der Waals surface area (Å²) in [7, 11) is 0. The first-order chi connectivity index (χ1) is 14.8. The van der Waals surface area contributed by atoms with Gasteiger partial charge in [-0.1, -0.05) is 24.3 Å². The smallest absolute Gasteiger partial charge is 0.368 e. The van der Waals surface area contributed by atoms with Gasteiger partial charge in [0.1, 0.15) is 5.01 Å². The van der Waals surface area contributed by atoms with Crippen molar-refractivity contribution in [1.82, 2.24) is 15.1 Å². The largest absolute Gasteiger partial charge is 0.416 e.